The van der Waals surface area contributed by atoms with Gasteiger partial charge in [0.2, 0.25) is 17.5 Å². The first-order valence-corrected chi connectivity index (χ1v) is 35.2. The summed E-state index contributed by atoms with van der Waals surface area (Å²) in [7, 11) is -0.162. The Balaban J connectivity index is 1.64. The number of aliphatic hydroxyl groups is 1. The summed E-state index contributed by atoms with van der Waals surface area (Å²) in [6.07, 6.45) is 2.59. The number of nitrogens with zero attached hydrogens (tertiary/aromatic N) is 2. The second-order valence-electron chi connectivity index (χ2n) is 26.8. The molecule has 3 aliphatic heterocycles. The minimum absolute atomic E-state index is 0.00275. The van der Waals surface area contributed by atoms with Gasteiger partial charge in [-0.1, -0.05) is 81.4 Å². The maximum atomic E-state index is 15.3. The molecule has 3 fully saturated rings. The molecule has 460 valence electrons. The summed E-state index contributed by atoms with van der Waals surface area (Å²) in [5, 5.41) is 32.3. The van der Waals surface area contributed by atoms with Crippen molar-refractivity contribution in [2.75, 3.05) is 34.5 Å². The molecule has 0 radical (unpaired) electrons. The lowest BCUT2D eigenvalue weighted by molar-refractivity contribution is -0.302. The van der Waals surface area contributed by atoms with E-state index in [-0.39, 0.29) is 84.7 Å². The molecule has 2 bridgehead atoms. The van der Waals surface area contributed by atoms with Gasteiger partial charge in [-0.25, -0.2) is 9.59 Å². The second kappa shape index (κ2) is 27.8. The van der Waals surface area contributed by atoms with Crippen LogP contribution in [0.3, 0.4) is 0 Å². The van der Waals surface area contributed by atoms with Crippen LogP contribution < -0.4 is 4.84 Å². The first kappa shape index (κ1) is 67.9. The zero-order valence-electron chi connectivity index (χ0n) is 52.0. The summed E-state index contributed by atoms with van der Waals surface area (Å²) in [6.45, 7) is 30.8. The molecule has 1 aliphatic carbocycles. The zero-order chi connectivity index (χ0) is 60.7. The third-order valence-electron chi connectivity index (χ3n) is 18.5. The number of methoxy groups -OCH3 is 3. The fourth-order valence-electron chi connectivity index (χ4n) is 11.5. The normalized spacial score (nSPS) is 32.5. The molecule has 5 rings (SSSR count). The summed E-state index contributed by atoms with van der Waals surface area (Å²) in [5.74, 6) is -8.82. The van der Waals surface area contributed by atoms with Crippen molar-refractivity contribution in [2.45, 2.75) is 238 Å². The number of carbonyl (C=O) groups excluding carboxylic acids is 5. The van der Waals surface area contributed by atoms with E-state index in [0.29, 0.717) is 48.0 Å². The molecule has 4 heterocycles. The molecule has 3 unspecified atom stereocenters. The molecule has 19 nitrogen and oxygen atoms in total. The number of piperidine rings is 1. The Morgan fingerprint density at radius 2 is 1.36 bits per heavy atom. The summed E-state index contributed by atoms with van der Waals surface area (Å²) in [5.41, 5.74) is 1.07. The number of allylic oxidation sites excluding steroid dienone is 2. The van der Waals surface area contributed by atoms with Gasteiger partial charge >= 0.3 is 12.1 Å². The molecule has 21 heteroatoms. The van der Waals surface area contributed by atoms with Crippen LogP contribution in [0.15, 0.2) is 35.4 Å². The van der Waals surface area contributed by atoms with E-state index in [0.717, 1.165) is 25.0 Å². The molecule has 81 heavy (non-hydrogen) atoms. The molecule has 4 aliphatic rings. The van der Waals surface area contributed by atoms with Crippen molar-refractivity contribution in [3.63, 3.8) is 0 Å². The van der Waals surface area contributed by atoms with Crippen molar-refractivity contribution in [1.29, 1.82) is 0 Å². The van der Waals surface area contributed by atoms with Crippen molar-refractivity contribution in [1.82, 2.24) is 9.63 Å². The van der Waals surface area contributed by atoms with Gasteiger partial charge in [0.15, 0.2) is 22.4 Å². The van der Waals surface area contributed by atoms with Crippen LogP contribution in [-0.2, 0) is 56.5 Å². The molecule has 1 aromatic rings. The first-order chi connectivity index (χ1) is 37.6. The fourth-order valence-corrected chi connectivity index (χ4v) is 14.3. The highest BCUT2D eigenvalue weighted by Gasteiger charge is 2.57. The monoisotopic (exact) mass is 1180 g/mol. The van der Waals surface area contributed by atoms with E-state index in [1.165, 1.54) is 19.1 Å². The molecule has 1 aromatic heterocycles. The molecule has 3 N–H and O–H groups in total. The lowest BCUT2D eigenvalue weighted by Gasteiger charge is -2.47. The van der Waals surface area contributed by atoms with E-state index in [2.05, 4.69) is 73.8 Å². The van der Waals surface area contributed by atoms with Gasteiger partial charge in [-0.05, 0) is 130 Å². The van der Waals surface area contributed by atoms with Gasteiger partial charge in [-0.15, -0.1) is 4.73 Å². The van der Waals surface area contributed by atoms with Gasteiger partial charge < -0.3 is 57.5 Å². The molecule has 0 aromatic carbocycles. The van der Waals surface area contributed by atoms with Gasteiger partial charge in [0, 0.05) is 64.7 Å². The SMILES string of the molecule is CO[C@H]1C[C@@H](C)CC(C)C=C(CCOC(=O)On2c(O)ccc2O)C(=O)C[C@H](O[Si](C)(C)C(C)(C)C)[C@@H](C)[C@@H](C(C)=CC2CC[C@@H](O[Si](C)(C)C(C)(C)C)[C@H](OC)C2)OC(=O)C2CCCCN2C(=O)C(=O)[C@]2(O)O[C@H]1[C@@H](OC)C[C@H]2C. The second-order valence-corrected chi connectivity index (χ2v) is 36.3. The van der Waals surface area contributed by atoms with E-state index < -0.39 is 106 Å². The largest absolute Gasteiger partial charge is 0.533 e. The predicted octanol–water partition coefficient (Wildman–Crippen LogP) is 9.99. The van der Waals surface area contributed by atoms with Crippen molar-refractivity contribution in [3.05, 3.63) is 35.4 Å². The van der Waals surface area contributed by atoms with Crippen LogP contribution in [0, 0.1) is 29.6 Å². The van der Waals surface area contributed by atoms with Crippen molar-refractivity contribution >= 4 is 46.2 Å². The third-order valence-corrected chi connectivity index (χ3v) is 27.5. The molecule has 1 saturated carbocycles. The van der Waals surface area contributed by atoms with Gasteiger partial charge in [0.05, 0.1) is 37.1 Å². The molecule has 14 atom stereocenters. The fraction of sp³-hybridized carbons (Fsp3) is 0.783. The van der Waals surface area contributed by atoms with Crippen LogP contribution in [0.2, 0.25) is 36.3 Å². The van der Waals surface area contributed by atoms with Crippen LogP contribution in [0.5, 0.6) is 11.8 Å². The van der Waals surface area contributed by atoms with Crippen LogP contribution in [0.4, 0.5) is 4.79 Å². The lowest BCUT2D eigenvalue weighted by atomic mass is 9.81. The summed E-state index contributed by atoms with van der Waals surface area (Å²) < 4.78 is 51.4. The van der Waals surface area contributed by atoms with Crippen LogP contribution in [0.25, 0.3) is 0 Å². The van der Waals surface area contributed by atoms with Gasteiger partial charge in [-0.2, -0.15) is 0 Å². The summed E-state index contributed by atoms with van der Waals surface area (Å²) in [6, 6.07) is 1.08. The predicted molar refractivity (Wildman–Crippen MR) is 310 cm³/mol. The maximum absolute atomic E-state index is 15.3. The molecular formula is C60H100N2O17Si2. The third kappa shape index (κ3) is 16.7. The van der Waals surface area contributed by atoms with E-state index in [4.69, 9.17) is 42.1 Å². The highest BCUT2D eigenvalue weighted by Crippen LogP contribution is 2.44. The Labute approximate surface area is 484 Å². The number of amides is 1. The zero-order valence-corrected chi connectivity index (χ0v) is 54.0. The van der Waals surface area contributed by atoms with Crippen molar-refractivity contribution < 1.29 is 81.4 Å². The Morgan fingerprint density at radius 1 is 0.778 bits per heavy atom. The maximum Gasteiger partial charge on any atom is 0.533 e. The number of cyclic esters (lactones) is 1. The Hall–Kier alpha value is -3.94. The van der Waals surface area contributed by atoms with Gasteiger partial charge in [0.25, 0.3) is 11.7 Å². The molecular weight excluding hydrogens is 1080 g/mol. The smallest absolute Gasteiger partial charge is 0.492 e. The number of hydrogen-bond donors (Lipinski definition) is 3. The molecule has 2 saturated heterocycles. The van der Waals surface area contributed by atoms with Crippen molar-refractivity contribution in [2.24, 2.45) is 29.6 Å². The highest BCUT2D eigenvalue weighted by atomic mass is 28.4. The van der Waals surface area contributed by atoms with Gasteiger partial charge in [-0.3, -0.25) is 19.2 Å². The summed E-state index contributed by atoms with van der Waals surface area (Å²) >= 11 is 0. The van der Waals surface area contributed by atoms with Crippen LogP contribution in [0.1, 0.15) is 147 Å². The number of aromatic hydroxyl groups is 2. The summed E-state index contributed by atoms with van der Waals surface area (Å²) in [4.78, 5) is 79.2. The molecule has 0 spiro atoms. The quantitative estimate of drug-likeness (QED) is 0.0721. The number of fused-ring (bicyclic) bond motifs is 3. The van der Waals surface area contributed by atoms with E-state index in [1.54, 1.807) is 14.0 Å². The number of Topliss-reactive ketones (excluding diaryl/α,β-unsaturated/α-hetero) is 2. The van der Waals surface area contributed by atoms with Crippen LogP contribution >= 0.6 is 0 Å². The Kier molecular flexibility index (Phi) is 23.3. The number of ether oxygens (including phenoxy) is 6. The number of carbonyl (C=O) groups is 5. The number of esters is 1. The van der Waals surface area contributed by atoms with E-state index in [9.17, 15) is 29.7 Å². The minimum atomic E-state index is -2.74. The number of hydrogen-bond acceptors (Lipinski definition) is 17. The highest BCUT2D eigenvalue weighted by molar-refractivity contribution is 6.74. The Morgan fingerprint density at radius 3 is 1.94 bits per heavy atom. The van der Waals surface area contributed by atoms with Crippen LogP contribution in [-0.4, -0.2) is 160 Å². The lowest BCUT2D eigenvalue weighted by Crippen LogP contribution is -2.64. The first-order valence-electron chi connectivity index (χ1n) is 29.4. The van der Waals surface area contributed by atoms with E-state index >= 15 is 9.59 Å². The minimum Gasteiger partial charge on any atom is -0.492 e. The van der Waals surface area contributed by atoms with E-state index in [1.807, 2.05) is 33.8 Å². The van der Waals surface area contributed by atoms with Crippen molar-refractivity contribution in [3.8, 4) is 11.8 Å². The Bertz CT molecular complexity index is 2370. The standard InChI is InChI=1S/C60H100N2O17Si2/c1-36-29-37(2)31-48(72-13)53-49(73-14)33-39(4)60(70,76-53)54(66)55(67)61-27-20-19-21-43(61)56(68)75-52(38(3)32-41-22-23-45(47(34-41)71-12)78-80(15,16)58(6,7)8)40(5)46(79-81(17,18)59(9,10)11)35-44(63)42(30-36)26-28-74-57(69)77-62-50(64)24-25-51(62)65/h24-25,30,32,36-37,39-41,43,45-49,52-53,64-65,70H,19-23,26-29,31,33-35H2,1-18H3/t36?,37-,39+,40+,41?,43?,45+,46-,47+,48-,49-,52+,53+,60+/m0/s1. The number of ketones is 2. The topological polar surface area (TPSA) is 237 Å². The average molecular weight is 1180 g/mol. The molecule has 1 amide bonds. The number of rotatable bonds is 13. The van der Waals surface area contributed by atoms with Gasteiger partial charge in [0.1, 0.15) is 18.2 Å². The number of aromatic nitrogens is 1. The average Bonchev–Trinajstić information content (AvgIpc) is 3.91.